The highest BCUT2D eigenvalue weighted by molar-refractivity contribution is 6.04. The highest BCUT2D eigenvalue weighted by Crippen LogP contribution is 2.36. The monoisotopic (exact) mass is 368 g/mol. The highest BCUT2D eigenvalue weighted by atomic mass is 16.6. The lowest BCUT2D eigenvalue weighted by molar-refractivity contribution is -0.122. The Balaban J connectivity index is 1.48. The second kappa shape index (κ2) is 7.19. The van der Waals surface area contributed by atoms with Crippen molar-refractivity contribution in [2.24, 2.45) is 5.92 Å². The summed E-state index contributed by atoms with van der Waals surface area (Å²) in [6.45, 7) is 1.31. The van der Waals surface area contributed by atoms with Crippen molar-refractivity contribution in [2.75, 3.05) is 37.1 Å². The molecule has 0 aliphatic carbocycles. The smallest absolute Gasteiger partial charge is 0.229 e. The van der Waals surface area contributed by atoms with Gasteiger partial charge in [-0.3, -0.25) is 9.59 Å². The zero-order valence-electron chi connectivity index (χ0n) is 14.9. The number of amides is 2. The summed E-state index contributed by atoms with van der Waals surface area (Å²) in [6, 6.07) is 12.6. The van der Waals surface area contributed by atoms with Crippen LogP contribution in [0.15, 0.2) is 42.5 Å². The van der Waals surface area contributed by atoms with Crippen LogP contribution in [-0.2, 0) is 9.59 Å². The molecule has 4 rings (SSSR count). The first-order chi connectivity index (χ1) is 13.2. The third kappa shape index (κ3) is 3.40. The number of rotatable bonds is 4. The largest absolute Gasteiger partial charge is 0.495 e. The van der Waals surface area contributed by atoms with E-state index in [-0.39, 0.29) is 18.2 Å². The highest BCUT2D eigenvalue weighted by Gasteiger charge is 2.35. The van der Waals surface area contributed by atoms with Gasteiger partial charge in [-0.1, -0.05) is 12.1 Å². The van der Waals surface area contributed by atoms with Crippen molar-refractivity contribution in [3.63, 3.8) is 0 Å². The molecule has 1 fully saturated rings. The Morgan fingerprint density at radius 1 is 1.15 bits per heavy atom. The zero-order chi connectivity index (χ0) is 18.8. The summed E-state index contributed by atoms with van der Waals surface area (Å²) in [7, 11) is 1.55. The van der Waals surface area contributed by atoms with Gasteiger partial charge in [0, 0.05) is 24.7 Å². The van der Waals surface area contributed by atoms with Gasteiger partial charge in [-0.2, -0.15) is 0 Å². The first kappa shape index (κ1) is 17.2. The Kier molecular flexibility index (Phi) is 4.58. The van der Waals surface area contributed by atoms with Gasteiger partial charge in [0.2, 0.25) is 11.8 Å². The molecule has 7 heteroatoms. The third-order valence-corrected chi connectivity index (χ3v) is 4.70. The van der Waals surface area contributed by atoms with Crippen LogP contribution in [-0.4, -0.2) is 38.7 Å². The fraction of sp³-hybridized carbons (Fsp3) is 0.300. The second-order valence-electron chi connectivity index (χ2n) is 6.42. The molecule has 0 unspecified atom stereocenters. The lowest BCUT2D eigenvalue weighted by Crippen LogP contribution is -2.28. The normalized spacial score (nSPS) is 18.3. The molecule has 0 bridgehead atoms. The van der Waals surface area contributed by atoms with Gasteiger partial charge >= 0.3 is 0 Å². The number of para-hydroxylation sites is 2. The topological polar surface area (TPSA) is 77.1 Å². The molecule has 0 aromatic heterocycles. The van der Waals surface area contributed by atoms with E-state index >= 15 is 0 Å². The summed E-state index contributed by atoms with van der Waals surface area (Å²) in [5.41, 5.74) is 1.30. The fourth-order valence-electron chi connectivity index (χ4n) is 3.32. The number of methoxy groups -OCH3 is 1. The van der Waals surface area contributed by atoms with E-state index in [4.69, 9.17) is 14.2 Å². The minimum absolute atomic E-state index is 0.0909. The minimum atomic E-state index is -0.435. The maximum absolute atomic E-state index is 12.6. The van der Waals surface area contributed by atoms with Gasteiger partial charge < -0.3 is 24.4 Å². The van der Waals surface area contributed by atoms with Crippen molar-refractivity contribution in [1.29, 1.82) is 0 Å². The predicted molar refractivity (Wildman–Crippen MR) is 99.5 cm³/mol. The zero-order valence-corrected chi connectivity index (χ0v) is 14.9. The number of carbonyl (C=O) groups is 2. The number of hydrogen-bond acceptors (Lipinski definition) is 5. The Hall–Kier alpha value is -3.22. The number of anilines is 2. The maximum Gasteiger partial charge on any atom is 0.229 e. The van der Waals surface area contributed by atoms with Crippen LogP contribution in [0, 0.1) is 5.92 Å². The quantitative estimate of drug-likeness (QED) is 0.897. The summed E-state index contributed by atoms with van der Waals surface area (Å²) in [5, 5.41) is 2.86. The molecular formula is C20H20N2O5. The molecule has 1 N–H and O–H groups in total. The second-order valence-corrected chi connectivity index (χ2v) is 6.42. The molecule has 27 heavy (non-hydrogen) atoms. The molecule has 0 spiro atoms. The fourth-order valence-corrected chi connectivity index (χ4v) is 3.32. The van der Waals surface area contributed by atoms with E-state index in [2.05, 4.69) is 5.32 Å². The summed E-state index contributed by atoms with van der Waals surface area (Å²) in [4.78, 5) is 26.7. The van der Waals surface area contributed by atoms with E-state index < -0.39 is 5.92 Å². The SMILES string of the molecule is COc1ccccc1NC(=O)[C@@H]1CC(=O)N(c2ccc3c(c2)OCCO3)C1. The summed E-state index contributed by atoms with van der Waals surface area (Å²) in [5.74, 6) is 1.14. The van der Waals surface area contributed by atoms with Crippen LogP contribution in [0.2, 0.25) is 0 Å². The van der Waals surface area contributed by atoms with Crippen LogP contribution in [0.5, 0.6) is 17.2 Å². The Labute approximate surface area is 156 Å². The molecule has 1 atom stereocenters. The van der Waals surface area contributed by atoms with Crippen molar-refractivity contribution in [3.05, 3.63) is 42.5 Å². The molecule has 2 aromatic carbocycles. The van der Waals surface area contributed by atoms with E-state index in [0.717, 1.165) is 0 Å². The molecule has 0 saturated carbocycles. The lowest BCUT2D eigenvalue weighted by atomic mass is 10.1. The number of nitrogens with one attached hydrogen (secondary N) is 1. The molecule has 2 aromatic rings. The van der Waals surface area contributed by atoms with Crippen molar-refractivity contribution < 1.29 is 23.8 Å². The number of hydrogen-bond donors (Lipinski definition) is 1. The van der Waals surface area contributed by atoms with Crippen LogP contribution in [0.25, 0.3) is 0 Å². The average molecular weight is 368 g/mol. The number of ether oxygens (including phenoxy) is 3. The van der Waals surface area contributed by atoms with Crippen LogP contribution < -0.4 is 24.4 Å². The summed E-state index contributed by atoms with van der Waals surface area (Å²) in [6.07, 6.45) is 0.162. The predicted octanol–water partition coefficient (Wildman–Crippen LogP) is 2.46. The molecule has 2 amide bonds. The van der Waals surface area contributed by atoms with E-state index in [9.17, 15) is 9.59 Å². The first-order valence-corrected chi connectivity index (χ1v) is 8.79. The third-order valence-electron chi connectivity index (χ3n) is 4.70. The van der Waals surface area contributed by atoms with Crippen LogP contribution in [0.3, 0.4) is 0 Å². The van der Waals surface area contributed by atoms with Crippen molar-refractivity contribution >= 4 is 23.2 Å². The Bertz CT molecular complexity index is 882. The average Bonchev–Trinajstić information content (AvgIpc) is 3.10. The van der Waals surface area contributed by atoms with E-state index in [1.807, 2.05) is 18.2 Å². The van der Waals surface area contributed by atoms with Gasteiger partial charge in [0.1, 0.15) is 19.0 Å². The van der Waals surface area contributed by atoms with Crippen LogP contribution >= 0.6 is 0 Å². The van der Waals surface area contributed by atoms with Crippen LogP contribution in [0.1, 0.15) is 6.42 Å². The minimum Gasteiger partial charge on any atom is -0.495 e. The van der Waals surface area contributed by atoms with Crippen LogP contribution in [0.4, 0.5) is 11.4 Å². The van der Waals surface area contributed by atoms with Gasteiger partial charge in [-0.15, -0.1) is 0 Å². The van der Waals surface area contributed by atoms with E-state index in [1.165, 1.54) is 0 Å². The van der Waals surface area contributed by atoms with Gasteiger partial charge in [0.05, 0.1) is 18.7 Å². The summed E-state index contributed by atoms with van der Waals surface area (Å²) >= 11 is 0. The molecule has 2 heterocycles. The lowest BCUT2D eigenvalue weighted by Gasteiger charge is -2.22. The maximum atomic E-state index is 12.6. The number of nitrogens with zero attached hydrogens (tertiary/aromatic N) is 1. The number of carbonyl (C=O) groups excluding carboxylic acids is 2. The van der Waals surface area contributed by atoms with Crippen molar-refractivity contribution in [1.82, 2.24) is 0 Å². The number of benzene rings is 2. The van der Waals surface area contributed by atoms with E-state index in [1.54, 1.807) is 36.3 Å². The van der Waals surface area contributed by atoms with Gasteiger partial charge in [-0.25, -0.2) is 0 Å². The molecule has 2 aliphatic rings. The van der Waals surface area contributed by atoms with E-state index in [0.29, 0.717) is 48.4 Å². The standard InChI is InChI=1S/C20H20N2O5/c1-25-16-5-3-2-4-15(16)21-20(24)13-10-19(23)22(12-13)14-6-7-17-18(11-14)27-9-8-26-17/h2-7,11,13H,8-10,12H2,1H3,(H,21,24)/t13-/m1/s1. The van der Waals surface area contributed by atoms with Crippen molar-refractivity contribution in [3.8, 4) is 17.2 Å². The van der Waals surface area contributed by atoms with Crippen molar-refractivity contribution in [2.45, 2.75) is 6.42 Å². The molecule has 140 valence electrons. The molecule has 2 aliphatic heterocycles. The Morgan fingerprint density at radius 2 is 1.93 bits per heavy atom. The molecular weight excluding hydrogens is 348 g/mol. The molecule has 0 radical (unpaired) electrons. The molecule has 7 nitrogen and oxygen atoms in total. The van der Waals surface area contributed by atoms with Gasteiger partial charge in [0.15, 0.2) is 11.5 Å². The number of fused-ring (bicyclic) bond motifs is 1. The Morgan fingerprint density at radius 3 is 2.74 bits per heavy atom. The molecule has 1 saturated heterocycles. The summed E-state index contributed by atoms with van der Waals surface area (Å²) < 4.78 is 16.3. The van der Waals surface area contributed by atoms with Gasteiger partial charge in [-0.05, 0) is 24.3 Å². The first-order valence-electron chi connectivity index (χ1n) is 8.79. The van der Waals surface area contributed by atoms with Gasteiger partial charge in [0.25, 0.3) is 0 Å².